The molecule has 0 aromatic carbocycles. The lowest BCUT2D eigenvalue weighted by molar-refractivity contribution is -0.906. The first-order valence-corrected chi connectivity index (χ1v) is 11.1. The highest BCUT2D eigenvalue weighted by atomic mass is 32.2. The number of quaternary nitrogens is 1. The van der Waals surface area contributed by atoms with E-state index in [9.17, 15) is 13.5 Å². The van der Waals surface area contributed by atoms with Crippen LogP contribution in [0.1, 0.15) is 12.8 Å². The lowest BCUT2D eigenvalue weighted by Crippen LogP contribution is -3.15. The summed E-state index contributed by atoms with van der Waals surface area (Å²) in [5, 5.41) is 11.9. The van der Waals surface area contributed by atoms with Gasteiger partial charge in [0, 0.05) is 6.61 Å². The van der Waals surface area contributed by atoms with E-state index in [4.69, 9.17) is 9.47 Å². The highest BCUT2D eigenvalue weighted by molar-refractivity contribution is 7.91. The van der Waals surface area contributed by atoms with E-state index in [1.165, 1.54) is 16.2 Å². The molecule has 0 amide bonds. The van der Waals surface area contributed by atoms with Gasteiger partial charge in [0.15, 0.2) is 0 Å². The van der Waals surface area contributed by atoms with E-state index < -0.39 is 16.1 Å². The Morgan fingerprint density at radius 2 is 2.24 bits per heavy atom. The molecule has 2 N–H and O–H groups in total. The Hall–Kier alpha value is -0.550. The highest BCUT2D eigenvalue weighted by Gasteiger charge is 2.31. The van der Waals surface area contributed by atoms with Crippen LogP contribution < -0.4 is 4.90 Å². The third-order valence-corrected chi connectivity index (χ3v) is 7.95. The lowest BCUT2D eigenvalue weighted by atomic mass is 10.2. The third-order valence-electron chi connectivity index (χ3n) is 4.68. The Bertz CT molecular complexity index is 608. The van der Waals surface area contributed by atoms with Crippen molar-refractivity contribution < 1.29 is 27.9 Å². The van der Waals surface area contributed by atoms with E-state index in [0.29, 0.717) is 50.1 Å². The molecule has 25 heavy (non-hydrogen) atoms. The van der Waals surface area contributed by atoms with Gasteiger partial charge in [0.25, 0.3) is 10.0 Å². The predicted molar refractivity (Wildman–Crippen MR) is 94.4 cm³/mol. The normalized spacial score (nSPS) is 24.6. The van der Waals surface area contributed by atoms with Crippen molar-refractivity contribution in [3.05, 3.63) is 17.5 Å². The van der Waals surface area contributed by atoms with Gasteiger partial charge < -0.3 is 19.5 Å². The average Bonchev–Trinajstić information content (AvgIpc) is 3.29. The van der Waals surface area contributed by atoms with Gasteiger partial charge in [0.05, 0.1) is 45.5 Å². The van der Waals surface area contributed by atoms with Crippen molar-refractivity contribution in [1.29, 1.82) is 0 Å². The molecule has 0 unspecified atom stereocenters. The van der Waals surface area contributed by atoms with Crippen LogP contribution in [-0.2, 0) is 19.5 Å². The van der Waals surface area contributed by atoms with Gasteiger partial charge >= 0.3 is 0 Å². The van der Waals surface area contributed by atoms with Crippen LogP contribution in [0.25, 0.3) is 0 Å². The fourth-order valence-electron chi connectivity index (χ4n) is 3.29. The van der Waals surface area contributed by atoms with E-state index in [0.717, 1.165) is 19.4 Å². The number of rotatable bonds is 8. The Kier molecular flexibility index (Phi) is 6.84. The minimum Gasteiger partial charge on any atom is -0.385 e. The smallest absolute Gasteiger partial charge is 0.252 e. The fraction of sp³-hybridized carbons (Fsp3) is 0.750. The molecule has 2 fully saturated rings. The fourth-order valence-corrected chi connectivity index (χ4v) is 5.87. The summed E-state index contributed by atoms with van der Waals surface area (Å²) < 4.78 is 38.0. The second-order valence-corrected chi connectivity index (χ2v) is 9.73. The maximum absolute atomic E-state index is 12.5. The summed E-state index contributed by atoms with van der Waals surface area (Å²) in [6, 6.07) is 3.40. The molecule has 2 saturated heterocycles. The molecule has 0 radical (unpaired) electrons. The minimum absolute atomic E-state index is 0.172. The van der Waals surface area contributed by atoms with E-state index in [2.05, 4.69) is 0 Å². The molecule has 0 saturated carbocycles. The van der Waals surface area contributed by atoms with Gasteiger partial charge in [-0.2, -0.15) is 4.31 Å². The average molecular weight is 392 g/mol. The number of nitrogens with one attached hydrogen (secondary N) is 1. The molecule has 9 heteroatoms. The molecular formula is C16H27N2O5S2+. The number of aliphatic hydroxyl groups excluding tert-OH is 1. The number of sulfonamides is 1. The first-order valence-electron chi connectivity index (χ1n) is 8.80. The monoisotopic (exact) mass is 391 g/mol. The zero-order valence-electron chi connectivity index (χ0n) is 14.3. The Labute approximate surface area is 153 Å². The van der Waals surface area contributed by atoms with Gasteiger partial charge in [-0.1, -0.05) is 6.07 Å². The maximum Gasteiger partial charge on any atom is 0.252 e. The van der Waals surface area contributed by atoms with Gasteiger partial charge in [-0.05, 0) is 24.3 Å². The van der Waals surface area contributed by atoms with Crippen LogP contribution in [0, 0.1) is 0 Å². The summed E-state index contributed by atoms with van der Waals surface area (Å²) in [6.45, 7) is 4.61. The van der Waals surface area contributed by atoms with Crippen LogP contribution in [0.2, 0.25) is 0 Å². The Balaban J connectivity index is 1.37. The number of aliphatic hydroxyl groups is 1. The molecule has 2 aliphatic heterocycles. The number of piperazine rings is 1. The summed E-state index contributed by atoms with van der Waals surface area (Å²) in [6.07, 6.45) is 1.75. The molecule has 0 bridgehead atoms. The summed E-state index contributed by atoms with van der Waals surface area (Å²) in [5.74, 6) is 0. The lowest BCUT2D eigenvalue weighted by Gasteiger charge is -2.32. The second-order valence-electron chi connectivity index (χ2n) is 6.62. The quantitative estimate of drug-likeness (QED) is 0.606. The molecule has 0 spiro atoms. The van der Waals surface area contributed by atoms with Crippen LogP contribution in [0.3, 0.4) is 0 Å². The van der Waals surface area contributed by atoms with Crippen molar-refractivity contribution in [3.63, 3.8) is 0 Å². The van der Waals surface area contributed by atoms with Crippen LogP contribution >= 0.6 is 11.3 Å². The van der Waals surface area contributed by atoms with Crippen molar-refractivity contribution in [1.82, 2.24) is 4.31 Å². The van der Waals surface area contributed by atoms with Crippen molar-refractivity contribution in [2.24, 2.45) is 0 Å². The van der Waals surface area contributed by atoms with E-state index >= 15 is 0 Å². The maximum atomic E-state index is 12.5. The molecule has 1 aromatic heterocycles. The molecule has 1 aromatic rings. The standard InChI is InChI=1S/C16H26N2O5S2/c19-14(12-22-13-15-3-1-9-23-15)11-17-5-7-18(8-6-17)25(20,21)16-4-2-10-24-16/h2,4,10,14-15,19H,1,3,5-9,11-13H2/p+1/t14-,15+/m1/s1. The number of nitrogens with zero attached hydrogens (tertiary/aromatic N) is 1. The summed E-state index contributed by atoms with van der Waals surface area (Å²) >= 11 is 1.25. The van der Waals surface area contributed by atoms with Gasteiger partial charge in [0.2, 0.25) is 0 Å². The van der Waals surface area contributed by atoms with Crippen LogP contribution in [0.15, 0.2) is 21.7 Å². The molecule has 0 aliphatic carbocycles. The topological polar surface area (TPSA) is 80.5 Å². The Morgan fingerprint density at radius 3 is 2.88 bits per heavy atom. The number of hydrogen-bond donors (Lipinski definition) is 2. The number of thiophene rings is 1. The molecule has 3 rings (SSSR count). The molecule has 7 nitrogen and oxygen atoms in total. The molecule has 142 valence electrons. The van der Waals surface area contributed by atoms with Crippen LogP contribution in [-0.4, -0.2) is 82.6 Å². The SMILES string of the molecule is O=S(=O)(c1cccs1)N1CC[NH+](C[C@@H](O)COC[C@@H]2CCCO2)CC1. The van der Waals surface area contributed by atoms with Gasteiger partial charge in [0.1, 0.15) is 16.9 Å². The first-order chi connectivity index (χ1) is 12.1. The Morgan fingerprint density at radius 1 is 1.44 bits per heavy atom. The predicted octanol–water partition coefficient (Wildman–Crippen LogP) is -0.806. The van der Waals surface area contributed by atoms with Gasteiger partial charge in [-0.15, -0.1) is 11.3 Å². The van der Waals surface area contributed by atoms with E-state index in [1.807, 2.05) is 0 Å². The summed E-state index contributed by atoms with van der Waals surface area (Å²) in [4.78, 5) is 1.21. The van der Waals surface area contributed by atoms with Crippen molar-refractivity contribution >= 4 is 21.4 Å². The number of hydrogen-bond acceptors (Lipinski definition) is 6. The summed E-state index contributed by atoms with van der Waals surface area (Å²) in [7, 11) is -3.36. The second kappa shape index (κ2) is 8.90. The minimum atomic E-state index is -3.36. The molecular weight excluding hydrogens is 364 g/mol. The largest absolute Gasteiger partial charge is 0.385 e. The zero-order valence-corrected chi connectivity index (χ0v) is 15.9. The van der Waals surface area contributed by atoms with Crippen molar-refractivity contribution in [2.75, 3.05) is 52.5 Å². The van der Waals surface area contributed by atoms with Crippen molar-refractivity contribution in [2.45, 2.75) is 29.3 Å². The third kappa shape index (κ3) is 5.22. The number of ether oxygens (including phenoxy) is 2. The summed E-state index contributed by atoms with van der Waals surface area (Å²) in [5.41, 5.74) is 0. The van der Waals surface area contributed by atoms with E-state index in [-0.39, 0.29) is 6.10 Å². The van der Waals surface area contributed by atoms with E-state index in [1.54, 1.807) is 21.8 Å². The van der Waals surface area contributed by atoms with Gasteiger partial charge in [-0.25, -0.2) is 8.42 Å². The van der Waals surface area contributed by atoms with Crippen LogP contribution in [0.4, 0.5) is 0 Å². The van der Waals surface area contributed by atoms with Crippen LogP contribution in [0.5, 0.6) is 0 Å². The zero-order chi connectivity index (χ0) is 17.7. The molecule has 2 aliphatic rings. The molecule has 2 atom stereocenters. The van der Waals surface area contributed by atoms with Crippen molar-refractivity contribution in [3.8, 4) is 0 Å². The molecule has 3 heterocycles. The highest BCUT2D eigenvalue weighted by Crippen LogP contribution is 2.20. The first kappa shape index (κ1) is 19.2. The van der Waals surface area contributed by atoms with Gasteiger partial charge in [-0.3, -0.25) is 0 Å².